The average molecular weight is 249 g/mol. The van der Waals surface area contributed by atoms with E-state index >= 15 is 0 Å². The zero-order valence-electron chi connectivity index (χ0n) is 11.0. The van der Waals surface area contributed by atoms with Crippen molar-refractivity contribution in [1.29, 1.82) is 0 Å². The molecule has 1 amide bonds. The van der Waals surface area contributed by atoms with Crippen molar-refractivity contribution in [3.63, 3.8) is 0 Å². The van der Waals surface area contributed by atoms with Gasteiger partial charge in [0.25, 0.3) is 0 Å². The van der Waals surface area contributed by atoms with Crippen molar-refractivity contribution >= 4 is 5.91 Å². The van der Waals surface area contributed by atoms with Crippen LogP contribution in [0.3, 0.4) is 0 Å². The predicted molar refractivity (Wildman–Crippen MR) is 67.5 cm³/mol. The third-order valence-electron chi connectivity index (χ3n) is 2.87. The number of carbonyl (C=O) groups is 1. The molecule has 4 nitrogen and oxygen atoms in total. The Morgan fingerprint density at radius 3 is 2.44 bits per heavy atom. The number of hydrogen-bond donors (Lipinski definition) is 1. The molecular weight excluding hydrogens is 230 g/mol. The van der Waals surface area contributed by atoms with Gasteiger partial charge in [0, 0.05) is 0 Å². The Morgan fingerprint density at radius 2 is 1.94 bits per heavy atom. The number of rotatable bonds is 3. The number of β-lactam (4-membered cyclic amide) rings is 1. The standard InChI is InChI=1S/C14H19NO3/c1-14(2,3)18-13(17)15-11(9-12(15)16)10-7-5-4-6-8-10/h4-8,11,13,17H,9H2,1-3H3. The van der Waals surface area contributed by atoms with Gasteiger partial charge in [-0.05, 0) is 26.3 Å². The first-order valence-electron chi connectivity index (χ1n) is 6.10. The molecule has 1 saturated heterocycles. The van der Waals surface area contributed by atoms with Gasteiger partial charge in [0.05, 0.1) is 18.1 Å². The molecule has 2 rings (SSSR count). The molecule has 0 aliphatic carbocycles. The highest BCUT2D eigenvalue weighted by Gasteiger charge is 2.42. The molecule has 1 fully saturated rings. The third kappa shape index (κ3) is 2.71. The SMILES string of the molecule is CC(C)(C)OC(O)N1C(=O)CC1c1ccccc1. The highest BCUT2D eigenvalue weighted by molar-refractivity contribution is 5.83. The summed E-state index contributed by atoms with van der Waals surface area (Å²) in [6, 6.07) is 9.59. The highest BCUT2D eigenvalue weighted by atomic mass is 16.6. The summed E-state index contributed by atoms with van der Waals surface area (Å²) in [5.74, 6) is -0.0828. The topological polar surface area (TPSA) is 49.8 Å². The van der Waals surface area contributed by atoms with Gasteiger partial charge >= 0.3 is 0 Å². The number of ether oxygens (including phenoxy) is 1. The maximum atomic E-state index is 11.6. The highest BCUT2D eigenvalue weighted by Crippen LogP contribution is 2.36. The number of amides is 1. The smallest absolute Gasteiger partial charge is 0.241 e. The monoisotopic (exact) mass is 249 g/mol. The number of benzene rings is 1. The lowest BCUT2D eigenvalue weighted by Gasteiger charge is -2.44. The second kappa shape index (κ2) is 4.71. The van der Waals surface area contributed by atoms with Gasteiger partial charge in [-0.2, -0.15) is 0 Å². The van der Waals surface area contributed by atoms with E-state index in [0.717, 1.165) is 5.56 Å². The molecule has 1 N–H and O–H groups in total. The maximum Gasteiger partial charge on any atom is 0.241 e. The summed E-state index contributed by atoms with van der Waals surface area (Å²) < 4.78 is 5.42. The molecule has 2 atom stereocenters. The predicted octanol–water partition coefficient (Wildman–Crippen LogP) is 2.05. The van der Waals surface area contributed by atoms with Crippen LogP contribution in [0.15, 0.2) is 30.3 Å². The van der Waals surface area contributed by atoms with Gasteiger partial charge in [-0.1, -0.05) is 30.3 Å². The van der Waals surface area contributed by atoms with E-state index in [4.69, 9.17) is 4.74 Å². The van der Waals surface area contributed by atoms with E-state index in [9.17, 15) is 9.90 Å². The number of carbonyl (C=O) groups excluding carboxylic acids is 1. The van der Waals surface area contributed by atoms with E-state index in [1.54, 1.807) is 0 Å². The van der Waals surface area contributed by atoms with Crippen LogP contribution in [0.1, 0.15) is 38.8 Å². The minimum atomic E-state index is -1.18. The molecule has 1 aliphatic rings. The molecule has 1 aromatic rings. The molecule has 2 unspecified atom stereocenters. The fourth-order valence-electron chi connectivity index (χ4n) is 2.03. The van der Waals surface area contributed by atoms with Gasteiger partial charge in [-0.25, -0.2) is 0 Å². The maximum absolute atomic E-state index is 11.6. The van der Waals surface area contributed by atoms with Crippen LogP contribution in [-0.2, 0) is 9.53 Å². The lowest BCUT2D eigenvalue weighted by molar-refractivity contribution is -0.258. The number of likely N-dealkylation sites (tertiary alicyclic amines) is 1. The van der Waals surface area contributed by atoms with Crippen LogP contribution in [0.25, 0.3) is 0 Å². The number of aliphatic hydroxyl groups excluding tert-OH is 1. The normalized spacial score (nSPS) is 21.7. The summed E-state index contributed by atoms with van der Waals surface area (Å²) in [6.07, 6.45) is -0.759. The van der Waals surface area contributed by atoms with Crippen LogP contribution in [0, 0.1) is 0 Å². The second-order valence-corrected chi connectivity index (χ2v) is 5.49. The Morgan fingerprint density at radius 1 is 1.33 bits per heavy atom. The van der Waals surface area contributed by atoms with Crippen molar-refractivity contribution in [1.82, 2.24) is 4.90 Å². The Kier molecular flexibility index (Phi) is 3.41. The second-order valence-electron chi connectivity index (χ2n) is 5.49. The van der Waals surface area contributed by atoms with E-state index in [0.29, 0.717) is 6.42 Å². The van der Waals surface area contributed by atoms with E-state index in [-0.39, 0.29) is 11.9 Å². The number of aliphatic hydroxyl groups is 1. The molecule has 0 saturated carbocycles. The van der Waals surface area contributed by atoms with Crippen molar-refractivity contribution in [3.05, 3.63) is 35.9 Å². The quantitative estimate of drug-likeness (QED) is 0.659. The van der Waals surface area contributed by atoms with Crippen molar-refractivity contribution in [3.8, 4) is 0 Å². The van der Waals surface area contributed by atoms with E-state index in [1.807, 2.05) is 51.1 Å². The van der Waals surface area contributed by atoms with Crippen LogP contribution < -0.4 is 0 Å². The summed E-state index contributed by atoms with van der Waals surface area (Å²) in [5, 5.41) is 9.99. The summed E-state index contributed by atoms with van der Waals surface area (Å²) >= 11 is 0. The zero-order valence-corrected chi connectivity index (χ0v) is 11.0. The molecule has 4 heteroatoms. The third-order valence-corrected chi connectivity index (χ3v) is 2.87. The molecule has 1 aliphatic heterocycles. The molecular formula is C14H19NO3. The molecule has 0 spiro atoms. The van der Waals surface area contributed by atoms with Crippen LogP contribution in [-0.4, -0.2) is 27.9 Å². The summed E-state index contributed by atoms with van der Waals surface area (Å²) in [7, 11) is 0. The first-order valence-corrected chi connectivity index (χ1v) is 6.10. The number of hydrogen-bond acceptors (Lipinski definition) is 3. The lowest BCUT2D eigenvalue weighted by atomic mass is 9.94. The van der Waals surface area contributed by atoms with Gasteiger partial charge in [-0.3, -0.25) is 9.69 Å². The molecule has 0 radical (unpaired) electrons. The largest absolute Gasteiger partial charge is 0.351 e. The Labute approximate surface area is 107 Å². The summed E-state index contributed by atoms with van der Waals surface area (Å²) in [5.41, 5.74) is 0.532. The van der Waals surface area contributed by atoms with Crippen LogP contribution in [0.5, 0.6) is 0 Å². The van der Waals surface area contributed by atoms with Crippen molar-refractivity contribution in [2.24, 2.45) is 0 Å². The average Bonchev–Trinajstić information content (AvgIpc) is 2.24. The Hall–Kier alpha value is -1.39. The molecule has 1 aromatic carbocycles. The first-order chi connectivity index (χ1) is 8.38. The van der Waals surface area contributed by atoms with Gasteiger partial charge in [0.2, 0.25) is 12.3 Å². The van der Waals surface area contributed by atoms with Gasteiger partial charge in [0.1, 0.15) is 0 Å². The first kappa shape index (κ1) is 13.1. The van der Waals surface area contributed by atoms with E-state index in [1.165, 1.54) is 4.90 Å². The van der Waals surface area contributed by atoms with Gasteiger partial charge in [-0.15, -0.1) is 0 Å². The molecule has 18 heavy (non-hydrogen) atoms. The molecule has 0 aromatic heterocycles. The summed E-state index contributed by atoms with van der Waals surface area (Å²) in [6.45, 7) is 5.54. The van der Waals surface area contributed by atoms with Gasteiger partial charge in [0.15, 0.2) is 0 Å². The fraction of sp³-hybridized carbons (Fsp3) is 0.500. The molecule has 0 bridgehead atoms. The molecule has 98 valence electrons. The minimum absolute atomic E-state index is 0.0828. The number of nitrogens with zero attached hydrogens (tertiary/aromatic N) is 1. The van der Waals surface area contributed by atoms with Gasteiger partial charge < -0.3 is 9.84 Å². The van der Waals surface area contributed by atoms with E-state index in [2.05, 4.69) is 0 Å². The van der Waals surface area contributed by atoms with Crippen LogP contribution in [0.4, 0.5) is 0 Å². The van der Waals surface area contributed by atoms with Crippen molar-refractivity contribution in [2.45, 2.75) is 45.2 Å². The fourth-order valence-corrected chi connectivity index (χ4v) is 2.03. The van der Waals surface area contributed by atoms with Crippen LogP contribution >= 0.6 is 0 Å². The van der Waals surface area contributed by atoms with E-state index < -0.39 is 12.0 Å². The van der Waals surface area contributed by atoms with Crippen molar-refractivity contribution < 1.29 is 14.6 Å². The Balaban J connectivity index is 2.09. The summed E-state index contributed by atoms with van der Waals surface area (Å²) in [4.78, 5) is 13.0. The minimum Gasteiger partial charge on any atom is -0.351 e. The lowest BCUT2D eigenvalue weighted by Crippen LogP contribution is -2.54. The molecule has 1 heterocycles. The van der Waals surface area contributed by atoms with Crippen molar-refractivity contribution in [2.75, 3.05) is 0 Å². The van der Waals surface area contributed by atoms with Crippen LogP contribution in [0.2, 0.25) is 0 Å². The Bertz CT molecular complexity index is 424. The zero-order chi connectivity index (χ0) is 13.3.